The summed E-state index contributed by atoms with van der Waals surface area (Å²) in [5.74, 6) is -0.540. The van der Waals surface area contributed by atoms with E-state index in [1.54, 1.807) is 0 Å². The zero-order valence-corrected chi connectivity index (χ0v) is 65.2. The van der Waals surface area contributed by atoms with Crippen LogP contribution in [-0.2, 0) is 65.4 Å². The van der Waals surface area contributed by atoms with Crippen LogP contribution >= 0.6 is 15.6 Å². The van der Waals surface area contributed by atoms with Gasteiger partial charge in [-0.1, -0.05) is 356 Å². The Morgan fingerprint density at radius 2 is 0.474 bits per heavy atom. The number of aliphatic hydroxyl groups is 1. The Bertz CT molecular complexity index is 1870. The fraction of sp³-hybridized carbons (Fsp3) is 0.949. The number of ether oxygens (including phenoxy) is 4. The number of esters is 4. The summed E-state index contributed by atoms with van der Waals surface area (Å²) in [4.78, 5) is 72.6. The fourth-order valence-electron chi connectivity index (χ4n) is 12.0. The number of aliphatic hydroxyl groups excluding tert-OH is 1. The molecule has 97 heavy (non-hydrogen) atoms. The lowest BCUT2D eigenvalue weighted by Gasteiger charge is -2.21. The van der Waals surface area contributed by atoms with Crippen molar-refractivity contribution in [2.45, 2.75) is 426 Å². The Hall–Kier alpha value is -1.94. The molecular weight excluding hydrogens is 1270 g/mol. The number of rotatable bonds is 77. The number of phosphoric ester groups is 2. The Morgan fingerprint density at radius 3 is 0.701 bits per heavy atom. The lowest BCUT2D eigenvalue weighted by molar-refractivity contribution is -0.161. The van der Waals surface area contributed by atoms with Crippen LogP contribution in [0.2, 0.25) is 0 Å². The van der Waals surface area contributed by atoms with E-state index >= 15 is 0 Å². The van der Waals surface area contributed by atoms with Gasteiger partial charge < -0.3 is 33.8 Å². The van der Waals surface area contributed by atoms with Gasteiger partial charge in [-0.25, -0.2) is 9.13 Å². The van der Waals surface area contributed by atoms with Gasteiger partial charge >= 0.3 is 39.5 Å². The van der Waals surface area contributed by atoms with Gasteiger partial charge in [0.25, 0.3) is 0 Å². The van der Waals surface area contributed by atoms with Crippen LogP contribution in [0.5, 0.6) is 0 Å². The van der Waals surface area contributed by atoms with Crippen molar-refractivity contribution >= 4 is 39.5 Å². The minimum atomic E-state index is -4.96. The predicted molar refractivity (Wildman–Crippen MR) is 395 cm³/mol. The van der Waals surface area contributed by atoms with Crippen molar-refractivity contribution in [2.75, 3.05) is 39.6 Å². The highest BCUT2D eigenvalue weighted by Crippen LogP contribution is 2.45. The Kier molecular flexibility index (Phi) is 68.4. The number of carbonyl (C=O) groups excluding carboxylic acids is 4. The molecule has 17 nitrogen and oxygen atoms in total. The fourth-order valence-corrected chi connectivity index (χ4v) is 13.6. The first-order valence-corrected chi connectivity index (χ1v) is 43.5. The van der Waals surface area contributed by atoms with Gasteiger partial charge in [-0.15, -0.1) is 0 Å². The van der Waals surface area contributed by atoms with Gasteiger partial charge in [0, 0.05) is 25.7 Å². The molecule has 0 aromatic carbocycles. The molecule has 5 atom stereocenters. The van der Waals surface area contributed by atoms with Crippen molar-refractivity contribution in [3.8, 4) is 0 Å². The third-order valence-corrected chi connectivity index (χ3v) is 20.1. The Morgan fingerprint density at radius 1 is 0.278 bits per heavy atom. The molecule has 0 aliphatic heterocycles. The largest absolute Gasteiger partial charge is 0.472 e. The first kappa shape index (κ1) is 95.1. The highest BCUT2D eigenvalue weighted by Gasteiger charge is 2.30. The van der Waals surface area contributed by atoms with E-state index in [2.05, 4.69) is 41.5 Å². The molecule has 576 valence electrons. The van der Waals surface area contributed by atoms with E-state index < -0.39 is 97.5 Å². The normalized spacial score (nSPS) is 14.0. The van der Waals surface area contributed by atoms with Crippen molar-refractivity contribution in [3.05, 3.63) is 0 Å². The summed E-state index contributed by atoms with van der Waals surface area (Å²) < 4.78 is 68.4. The molecule has 0 aromatic heterocycles. The van der Waals surface area contributed by atoms with E-state index in [0.717, 1.165) is 108 Å². The summed E-state index contributed by atoms with van der Waals surface area (Å²) in [6, 6.07) is 0. The second-order valence-electron chi connectivity index (χ2n) is 29.1. The lowest BCUT2D eigenvalue weighted by Crippen LogP contribution is -2.30. The second-order valence-corrected chi connectivity index (χ2v) is 32.0. The SMILES string of the molecule is CCCCCCCCCCCCCCCCCCCCCC(=O)O[C@H](COC(=O)CCCCCCCCCCCCCCCCCC(C)C)COP(=O)(O)OC[C@@H](O)COP(=O)(O)OC[C@@H](COC(=O)CCCCCCC)OC(=O)CCCCCCCCCCCCCCC(C)C. The first-order chi connectivity index (χ1) is 46.9. The van der Waals surface area contributed by atoms with Crippen molar-refractivity contribution < 1.29 is 80.2 Å². The number of hydrogen-bond acceptors (Lipinski definition) is 15. The van der Waals surface area contributed by atoms with Gasteiger partial charge in [-0.05, 0) is 37.5 Å². The van der Waals surface area contributed by atoms with E-state index in [4.69, 9.17) is 37.0 Å². The van der Waals surface area contributed by atoms with Crippen LogP contribution < -0.4 is 0 Å². The number of unbranched alkanes of at least 4 members (excludes halogenated alkanes) is 47. The zero-order chi connectivity index (χ0) is 71.4. The smallest absolute Gasteiger partial charge is 0.462 e. The van der Waals surface area contributed by atoms with Gasteiger partial charge in [0.05, 0.1) is 26.4 Å². The molecule has 0 amide bonds. The molecule has 19 heteroatoms. The van der Waals surface area contributed by atoms with E-state index in [1.807, 2.05) is 0 Å². The van der Waals surface area contributed by atoms with Crippen LogP contribution in [0, 0.1) is 11.8 Å². The van der Waals surface area contributed by atoms with Gasteiger partial charge in [-0.3, -0.25) is 37.3 Å². The van der Waals surface area contributed by atoms with E-state index in [9.17, 15) is 43.2 Å². The minimum absolute atomic E-state index is 0.106. The van der Waals surface area contributed by atoms with Crippen molar-refractivity contribution in [1.82, 2.24) is 0 Å². The maximum Gasteiger partial charge on any atom is 0.472 e. The molecule has 0 rings (SSSR count). The third kappa shape index (κ3) is 72.2. The average molecular weight is 1420 g/mol. The standard InChI is InChI=1S/C78H152O17P2/c1-7-9-11-13-14-15-16-17-18-19-20-21-24-28-34-39-44-50-56-63-78(83)95-74(67-89-76(81)61-55-49-43-38-33-27-25-22-23-26-31-36-41-47-52-58-70(3)4)69-93-97(86,87)91-65-72(79)64-90-96(84,85)92-68-73(66-88-75(80)60-54-46-12-10-8-2)94-77(82)62-57-51-45-40-35-30-29-32-37-42-48-53-59-71(5)6/h70-74,79H,7-69H2,1-6H3,(H,84,85)(H,86,87)/t72-,73+,74+/m0/s1. The van der Waals surface area contributed by atoms with Crippen LogP contribution in [0.15, 0.2) is 0 Å². The third-order valence-electron chi connectivity index (χ3n) is 18.2. The van der Waals surface area contributed by atoms with Crippen molar-refractivity contribution in [1.29, 1.82) is 0 Å². The molecule has 3 N–H and O–H groups in total. The molecule has 0 heterocycles. The zero-order valence-electron chi connectivity index (χ0n) is 63.4. The molecule has 0 aliphatic rings. The molecule has 0 radical (unpaired) electrons. The van der Waals surface area contributed by atoms with Crippen LogP contribution in [0.3, 0.4) is 0 Å². The summed E-state index contributed by atoms with van der Waals surface area (Å²) in [7, 11) is -9.90. The number of phosphoric acid groups is 2. The number of hydrogen-bond donors (Lipinski definition) is 3. The summed E-state index contributed by atoms with van der Waals surface area (Å²) in [5.41, 5.74) is 0. The molecule has 0 spiro atoms. The molecule has 0 bridgehead atoms. The second kappa shape index (κ2) is 69.8. The van der Waals surface area contributed by atoms with Crippen LogP contribution in [0.25, 0.3) is 0 Å². The van der Waals surface area contributed by atoms with Gasteiger partial charge in [-0.2, -0.15) is 0 Å². The average Bonchev–Trinajstić information content (AvgIpc) is 1.54. The van der Waals surface area contributed by atoms with Gasteiger partial charge in [0.2, 0.25) is 0 Å². The Balaban J connectivity index is 5.13. The summed E-state index contributed by atoms with van der Waals surface area (Å²) in [6.07, 6.45) is 58.7. The maximum absolute atomic E-state index is 13.1. The molecule has 0 fully saturated rings. The highest BCUT2D eigenvalue weighted by atomic mass is 31.2. The van der Waals surface area contributed by atoms with Gasteiger partial charge in [0.1, 0.15) is 19.3 Å². The van der Waals surface area contributed by atoms with Crippen LogP contribution in [-0.4, -0.2) is 96.7 Å². The lowest BCUT2D eigenvalue weighted by atomic mass is 10.0. The molecular formula is C78H152O17P2. The van der Waals surface area contributed by atoms with Crippen molar-refractivity contribution in [3.63, 3.8) is 0 Å². The molecule has 0 aromatic rings. The Labute approximate surface area is 594 Å². The predicted octanol–water partition coefficient (Wildman–Crippen LogP) is 23.1. The molecule has 0 saturated carbocycles. The van der Waals surface area contributed by atoms with Crippen molar-refractivity contribution in [2.24, 2.45) is 11.8 Å². The quantitative estimate of drug-likeness (QED) is 0.0222. The topological polar surface area (TPSA) is 237 Å². The van der Waals surface area contributed by atoms with Crippen LogP contribution in [0.4, 0.5) is 0 Å². The molecule has 0 aliphatic carbocycles. The highest BCUT2D eigenvalue weighted by molar-refractivity contribution is 7.47. The summed E-state index contributed by atoms with van der Waals surface area (Å²) in [5, 5.41) is 10.6. The maximum atomic E-state index is 13.1. The summed E-state index contributed by atoms with van der Waals surface area (Å²) >= 11 is 0. The van der Waals surface area contributed by atoms with E-state index in [1.165, 1.54) is 218 Å². The molecule has 0 saturated heterocycles. The monoisotopic (exact) mass is 1420 g/mol. The molecule has 2 unspecified atom stereocenters. The minimum Gasteiger partial charge on any atom is -0.462 e. The first-order valence-electron chi connectivity index (χ1n) is 40.5. The van der Waals surface area contributed by atoms with E-state index in [0.29, 0.717) is 25.7 Å². The van der Waals surface area contributed by atoms with Gasteiger partial charge in [0.15, 0.2) is 12.2 Å². The van der Waals surface area contributed by atoms with E-state index in [-0.39, 0.29) is 25.7 Å². The number of carbonyl (C=O) groups is 4. The van der Waals surface area contributed by atoms with Crippen LogP contribution in [0.1, 0.15) is 408 Å². The summed E-state index contributed by atoms with van der Waals surface area (Å²) in [6.45, 7) is 9.56.